The highest BCUT2D eigenvalue weighted by atomic mass is 35.5. The zero-order chi connectivity index (χ0) is 19.0. The maximum atomic E-state index is 13.0. The molecule has 0 atom stereocenters. The Balaban J connectivity index is 2.23. The van der Waals surface area contributed by atoms with Gasteiger partial charge in [0.25, 0.3) is 5.56 Å². The van der Waals surface area contributed by atoms with E-state index < -0.39 is 0 Å². The molecule has 2 heterocycles. The highest BCUT2D eigenvalue weighted by Gasteiger charge is 2.27. The largest absolute Gasteiger partial charge is 0.396 e. The smallest absolute Gasteiger partial charge is 0.294 e. The van der Waals surface area contributed by atoms with E-state index in [4.69, 9.17) is 17.3 Å². The fraction of sp³-hybridized carbons (Fsp3) is 0.500. The Labute approximate surface area is 157 Å². The van der Waals surface area contributed by atoms with Crippen LogP contribution in [0.4, 0.5) is 11.5 Å². The van der Waals surface area contributed by atoms with Crippen molar-refractivity contribution in [1.82, 2.24) is 9.36 Å². The Kier molecular flexibility index (Phi) is 5.09. The second-order valence-corrected chi connectivity index (χ2v) is 6.86. The Morgan fingerprint density at radius 2 is 1.77 bits per heavy atom. The molecule has 7 nitrogen and oxygen atoms in total. The van der Waals surface area contributed by atoms with E-state index in [1.165, 1.54) is 0 Å². The summed E-state index contributed by atoms with van der Waals surface area (Å²) in [5, 5.41) is -0.0442. The Hall–Kier alpha value is -2.28. The minimum atomic E-state index is -0.306. The molecule has 3 rings (SSSR count). The molecule has 1 aliphatic carbocycles. The summed E-state index contributed by atoms with van der Waals surface area (Å²) in [6, 6.07) is 0. The lowest BCUT2D eigenvalue weighted by molar-refractivity contribution is -0.111. The Bertz CT molecular complexity index is 897. The first kappa shape index (κ1) is 18.5. The number of allylic oxidation sites excluding steroid dienone is 3. The lowest BCUT2D eigenvalue weighted by Gasteiger charge is -2.21. The first-order valence-electron chi connectivity index (χ1n) is 8.96. The van der Waals surface area contributed by atoms with Crippen molar-refractivity contribution < 1.29 is 4.79 Å². The Morgan fingerprint density at radius 3 is 2.35 bits per heavy atom. The molecule has 1 fully saturated rings. The molecule has 8 heteroatoms. The molecule has 0 bridgehead atoms. The van der Waals surface area contributed by atoms with E-state index in [-0.39, 0.29) is 22.1 Å². The SMILES string of the molecule is CCn1c(N2CCCC2)c(N=C2C=C(C)C(=O)C(Cl)=C2N)c(=O)n1CC. The van der Waals surface area contributed by atoms with Gasteiger partial charge in [-0.1, -0.05) is 11.6 Å². The van der Waals surface area contributed by atoms with Gasteiger partial charge in [0.05, 0.1) is 11.4 Å². The molecule has 0 amide bonds. The Morgan fingerprint density at radius 1 is 1.15 bits per heavy atom. The number of carbonyl (C=O) groups excluding carboxylic acids is 1. The van der Waals surface area contributed by atoms with Gasteiger partial charge in [0.1, 0.15) is 5.03 Å². The van der Waals surface area contributed by atoms with Crippen LogP contribution in [0.1, 0.15) is 33.6 Å². The van der Waals surface area contributed by atoms with Crippen LogP contribution >= 0.6 is 11.6 Å². The van der Waals surface area contributed by atoms with Crippen LogP contribution in [0.3, 0.4) is 0 Å². The summed E-state index contributed by atoms with van der Waals surface area (Å²) in [4.78, 5) is 31.7. The summed E-state index contributed by atoms with van der Waals surface area (Å²) >= 11 is 6.06. The minimum Gasteiger partial charge on any atom is -0.396 e. The number of nitrogens with zero attached hydrogens (tertiary/aromatic N) is 4. The zero-order valence-corrected chi connectivity index (χ0v) is 16.1. The molecular weight excluding hydrogens is 354 g/mol. The van der Waals surface area contributed by atoms with Gasteiger partial charge in [-0.15, -0.1) is 0 Å². The maximum Gasteiger partial charge on any atom is 0.294 e. The molecule has 2 N–H and O–H groups in total. The van der Waals surface area contributed by atoms with Crippen molar-refractivity contribution in [1.29, 1.82) is 0 Å². The molecular formula is C18H24ClN5O2. The number of ketones is 1. The van der Waals surface area contributed by atoms with Crippen molar-refractivity contribution >= 4 is 34.6 Å². The van der Waals surface area contributed by atoms with Gasteiger partial charge in [0.15, 0.2) is 11.5 Å². The van der Waals surface area contributed by atoms with Crippen molar-refractivity contribution in [2.75, 3.05) is 18.0 Å². The number of aromatic nitrogens is 2. The molecule has 1 aliphatic heterocycles. The van der Waals surface area contributed by atoms with Crippen LogP contribution in [0, 0.1) is 0 Å². The lowest BCUT2D eigenvalue weighted by Crippen LogP contribution is -2.25. The minimum absolute atomic E-state index is 0.0442. The van der Waals surface area contributed by atoms with Crippen LogP contribution in [-0.4, -0.2) is 33.9 Å². The van der Waals surface area contributed by atoms with Gasteiger partial charge in [0, 0.05) is 31.8 Å². The quantitative estimate of drug-likeness (QED) is 0.816. The van der Waals surface area contributed by atoms with Crippen molar-refractivity contribution in [2.45, 2.75) is 46.7 Å². The standard InChI is InChI=1S/C18H24ClN5O2/c1-4-23-17(22-8-6-7-9-22)15(18(26)24(23)5-2)21-12-10-11(3)16(25)13(19)14(12)20/h10H,4-9,20H2,1-3H3. The summed E-state index contributed by atoms with van der Waals surface area (Å²) in [6.45, 7) is 8.62. The van der Waals surface area contributed by atoms with Crippen LogP contribution in [0.5, 0.6) is 0 Å². The van der Waals surface area contributed by atoms with Crippen LogP contribution < -0.4 is 16.2 Å². The molecule has 2 aliphatic rings. The molecule has 1 aromatic heterocycles. The molecule has 0 aromatic carbocycles. The predicted octanol–water partition coefficient (Wildman–Crippen LogP) is 2.30. The van der Waals surface area contributed by atoms with Gasteiger partial charge in [-0.05, 0) is 39.7 Å². The monoisotopic (exact) mass is 377 g/mol. The second-order valence-electron chi connectivity index (χ2n) is 6.48. The second kappa shape index (κ2) is 7.15. The third-order valence-electron chi connectivity index (χ3n) is 4.84. The molecule has 1 aromatic rings. The number of Topliss-reactive ketones (excluding diaryl/α,β-unsaturated/α-hetero) is 1. The van der Waals surface area contributed by atoms with Gasteiger partial charge >= 0.3 is 0 Å². The van der Waals surface area contributed by atoms with Gasteiger partial charge < -0.3 is 10.6 Å². The molecule has 0 radical (unpaired) electrons. The van der Waals surface area contributed by atoms with E-state index in [0.717, 1.165) is 31.7 Å². The first-order chi connectivity index (χ1) is 12.4. The van der Waals surface area contributed by atoms with Gasteiger partial charge in [-0.25, -0.2) is 9.67 Å². The van der Waals surface area contributed by atoms with E-state index in [1.807, 2.05) is 18.5 Å². The van der Waals surface area contributed by atoms with Crippen molar-refractivity contribution in [3.63, 3.8) is 0 Å². The van der Waals surface area contributed by atoms with Crippen LogP contribution in [0.25, 0.3) is 0 Å². The fourth-order valence-electron chi connectivity index (χ4n) is 3.51. The number of carbonyl (C=O) groups is 1. The van der Waals surface area contributed by atoms with Crippen LogP contribution in [0.15, 0.2) is 32.2 Å². The van der Waals surface area contributed by atoms with Crippen LogP contribution in [0.2, 0.25) is 0 Å². The summed E-state index contributed by atoms with van der Waals surface area (Å²) < 4.78 is 3.66. The molecule has 26 heavy (non-hydrogen) atoms. The molecule has 0 saturated carbocycles. The van der Waals surface area contributed by atoms with E-state index in [0.29, 0.717) is 30.1 Å². The van der Waals surface area contributed by atoms with Crippen molar-refractivity contribution in [3.05, 3.63) is 32.7 Å². The first-order valence-corrected chi connectivity index (χ1v) is 9.34. The normalized spacial score (nSPS) is 19.7. The molecule has 140 valence electrons. The average Bonchev–Trinajstić information content (AvgIpc) is 3.24. The topological polar surface area (TPSA) is 85.6 Å². The highest BCUT2D eigenvalue weighted by Crippen LogP contribution is 2.31. The van der Waals surface area contributed by atoms with Gasteiger partial charge in [-0.3, -0.25) is 14.3 Å². The maximum absolute atomic E-state index is 13.0. The van der Waals surface area contributed by atoms with E-state index in [9.17, 15) is 9.59 Å². The summed E-state index contributed by atoms with van der Waals surface area (Å²) in [7, 11) is 0. The highest BCUT2D eigenvalue weighted by molar-refractivity contribution is 6.49. The number of rotatable bonds is 4. The number of hydrogen-bond acceptors (Lipinski definition) is 5. The molecule has 1 saturated heterocycles. The summed E-state index contributed by atoms with van der Waals surface area (Å²) in [6.07, 6.45) is 3.77. The van der Waals surface area contributed by atoms with Crippen molar-refractivity contribution in [2.24, 2.45) is 10.7 Å². The zero-order valence-electron chi connectivity index (χ0n) is 15.4. The number of hydrogen-bond donors (Lipinski definition) is 1. The third-order valence-corrected chi connectivity index (χ3v) is 5.22. The third kappa shape index (κ3) is 2.90. The number of nitrogens with two attached hydrogens (primary N) is 1. The molecule has 0 unspecified atom stereocenters. The van der Waals surface area contributed by atoms with Crippen molar-refractivity contribution in [3.8, 4) is 0 Å². The number of anilines is 1. The van der Waals surface area contributed by atoms with Crippen LogP contribution in [-0.2, 0) is 17.9 Å². The lowest BCUT2D eigenvalue weighted by atomic mass is 10.0. The number of halogens is 1. The van der Waals surface area contributed by atoms with E-state index in [1.54, 1.807) is 17.7 Å². The fourth-order valence-corrected chi connectivity index (χ4v) is 3.75. The van der Waals surface area contributed by atoms with E-state index in [2.05, 4.69) is 9.89 Å². The number of aliphatic imine (C=N–C) groups is 1. The summed E-state index contributed by atoms with van der Waals surface area (Å²) in [5.41, 5.74) is 7.14. The predicted molar refractivity (Wildman–Crippen MR) is 104 cm³/mol. The van der Waals surface area contributed by atoms with Gasteiger partial charge in [-0.2, -0.15) is 0 Å². The molecule has 0 spiro atoms. The average molecular weight is 378 g/mol. The van der Waals surface area contributed by atoms with E-state index >= 15 is 0 Å². The summed E-state index contributed by atoms with van der Waals surface area (Å²) in [5.74, 6) is 0.510. The van der Waals surface area contributed by atoms with Gasteiger partial charge in [0.2, 0.25) is 5.78 Å².